The van der Waals surface area contributed by atoms with Crippen molar-refractivity contribution in [3.8, 4) is 0 Å². The quantitative estimate of drug-likeness (QED) is 0.608. The fourth-order valence-electron chi connectivity index (χ4n) is 2.12. The fraction of sp³-hybridized carbons (Fsp3) is 0.357. The standard InChI is InChI=1S/C14H16INO/c15-14-7-2-1-5-12(14)8-9-13-6-3-4-10-16(13)11-17/h1-2,5-7,11H,3-4,8-10H2. The maximum atomic E-state index is 10.9. The van der Waals surface area contributed by atoms with Gasteiger partial charge in [0.2, 0.25) is 6.41 Å². The van der Waals surface area contributed by atoms with Crippen LogP contribution in [0.15, 0.2) is 36.0 Å². The number of carbonyl (C=O) groups excluding carboxylic acids is 1. The number of carbonyl (C=O) groups is 1. The first-order valence-electron chi connectivity index (χ1n) is 5.95. The molecule has 0 N–H and O–H groups in total. The molecule has 0 aromatic heterocycles. The van der Waals surface area contributed by atoms with Gasteiger partial charge in [-0.3, -0.25) is 4.79 Å². The lowest BCUT2D eigenvalue weighted by atomic mass is 10.0. The van der Waals surface area contributed by atoms with Crippen LogP contribution in [0.1, 0.15) is 24.8 Å². The second-order valence-corrected chi connectivity index (χ2v) is 5.39. The lowest BCUT2D eigenvalue weighted by molar-refractivity contribution is -0.116. The number of aryl methyl sites for hydroxylation is 1. The van der Waals surface area contributed by atoms with Crippen LogP contribution in [0.4, 0.5) is 0 Å². The van der Waals surface area contributed by atoms with E-state index in [1.54, 1.807) is 0 Å². The molecule has 1 heterocycles. The van der Waals surface area contributed by atoms with E-state index < -0.39 is 0 Å². The van der Waals surface area contributed by atoms with Crippen LogP contribution >= 0.6 is 22.6 Å². The Morgan fingerprint density at radius 1 is 1.29 bits per heavy atom. The van der Waals surface area contributed by atoms with Crippen LogP contribution in [0, 0.1) is 3.57 Å². The monoisotopic (exact) mass is 341 g/mol. The first-order valence-corrected chi connectivity index (χ1v) is 7.03. The summed E-state index contributed by atoms with van der Waals surface area (Å²) in [4.78, 5) is 12.8. The average Bonchev–Trinajstić information content (AvgIpc) is 2.38. The van der Waals surface area contributed by atoms with E-state index in [4.69, 9.17) is 0 Å². The molecule has 1 amide bonds. The van der Waals surface area contributed by atoms with Gasteiger partial charge >= 0.3 is 0 Å². The van der Waals surface area contributed by atoms with Crippen molar-refractivity contribution >= 4 is 29.0 Å². The van der Waals surface area contributed by atoms with E-state index in [9.17, 15) is 4.79 Å². The third-order valence-electron chi connectivity index (χ3n) is 3.09. The molecular formula is C14H16INO. The summed E-state index contributed by atoms with van der Waals surface area (Å²) >= 11 is 2.37. The number of hydrogen-bond acceptors (Lipinski definition) is 1. The van der Waals surface area contributed by atoms with Crippen molar-refractivity contribution < 1.29 is 4.79 Å². The maximum absolute atomic E-state index is 10.9. The summed E-state index contributed by atoms with van der Waals surface area (Å²) in [7, 11) is 0. The van der Waals surface area contributed by atoms with Gasteiger partial charge in [-0.1, -0.05) is 24.3 Å². The number of allylic oxidation sites excluding steroid dienone is 2. The molecule has 1 aliphatic heterocycles. The fourth-order valence-corrected chi connectivity index (χ4v) is 2.78. The lowest BCUT2D eigenvalue weighted by Gasteiger charge is -2.24. The molecule has 2 nitrogen and oxygen atoms in total. The molecule has 1 aromatic rings. The molecule has 0 bridgehead atoms. The van der Waals surface area contributed by atoms with E-state index >= 15 is 0 Å². The lowest BCUT2D eigenvalue weighted by Crippen LogP contribution is -2.25. The summed E-state index contributed by atoms with van der Waals surface area (Å²) in [6.45, 7) is 0.876. The summed E-state index contributed by atoms with van der Waals surface area (Å²) in [5.41, 5.74) is 2.55. The maximum Gasteiger partial charge on any atom is 0.213 e. The van der Waals surface area contributed by atoms with Crippen LogP contribution in [0.2, 0.25) is 0 Å². The number of amides is 1. The van der Waals surface area contributed by atoms with Crippen LogP contribution in [-0.4, -0.2) is 17.9 Å². The summed E-state index contributed by atoms with van der Waals surface area (Å²) < 4.78 is 1.30. The zero-order chi connectivity index (χ0) is 12.1. The molecule has 0 aliphatic carbocycles. The zero-order valence-electron chi connectivity index (χ0n) is 9.73. The molecule has 0 spiro atoms. The summed E-state index contributed by atoms with van der Waals surface area (Å²) in [5, 5.41) is 0. The van der Waals surface area contributed by atoms with Crippen LogP contribution in [-0.2, 0) is 11.2 Å². The van der Waals surface area contributed by atoms with Crippen molar-refractivity contribution in [2.45, 2.75) is 25.7 Å². The molecule has 0 saturated carbocycles. The molecule has 0 unspecified atom stereocenters. The molecule has 0 atom stereocenters. The molecule has 1 aromatic carbocycles. The molecule has 17 heavy (non-hydrogen) atoms. The van der Waals surface area contributed by atoms with Gasteiger partial charge in [0.05, 0.1) is 0 Å². The van der Waals surface area contributed by atoms with E-state index in [1.807, 2.05) is 4.90 Å². The number of nitrogens with zero attached hydrogens (tertiary/aromatic N) is 1. The van der Waals surface area contributed by atoms with Crippen LogP contribution in [0.25, 0.3) is 0 Å². The Bertz CT molecular complexity index is 428. The van der Waals surface area contributed by atoms with Crippen LogP contribution in [0.3, 0.4) is 0 Å². The van der Waals surface area contributed by atoms with Gasteiger partial charge < -0.3 is 4.90 Å². The predicted octanol–water partition coefficient (Wildman–Crippen LogP) is 3.36. The van der Waals surface area contributed by atoms with Crippen molar-refractivity contribution in [1.82, 2.24) is 4.90 Å². The molecule has 0 radical (unpaired) electrons. The Morgan fingerprint density at radius 2 is 2.12 bits per heavy atom. The molecule has 3 heteroatoms. The molecule has 0 fully saturated rings. The minimum Gasteiger partial charge on any atom is -0.319 e. The van der Waals surface area contributed by atoms with Crippen molar-refractivity contribution in [1.29, 1.82) is 0 Å². The van der Waals surface area contributed by atoms with Crippen molar-refractivity contribution in [3.05, 3.63) is 45.2 Å². The van der Waals surface area contributed by atoms with Gasteiger partial charge in [0.1, 0.15) is 0 Å². The summed E-state index contributed by atoms with van der Waals surface area (Å²) in [6, 6.07) is 8.42. The van der Waals surface area contributed by atoms with Gasteiger partial charge in [-0.05, 0) is 59.9 Å². The SMILES string of the molecule is O=CN1CCCC=C1CCc1ccccc1I. The number of benzene rings is 1. The second kappa shape index (κ2) is 6.19. The van der Waals surface area contributed by atoms with Gasteiger partial charge in [0.25, 0.3) is 0 Å². The smallest absolute Gasteiger partial charge is 0.213 e. The Hall–Kier alpha value is -0.840. The van der Waals surface area contributed by atoms with Crippen LogP contribution in [0.5, 0.6) is 0 Å². The molecule has 0 saturated heterocycles. The molecule has 90 valence electrons. The van der Waals surface area contributed by atoms with Gasteiger partial charge in [-0.2, -0.15) is 0 Å². The van der Waals surface area contributed by atoms with Gasteiger partial charge in [0.15, 0.2) is 0 Å². The second-order valence-electron chi connectivity index (χ2n) is 4.23. The Balaban J connectivity index is 2.00. The largest absolute Gasteiger partial charge is 0.319 e. The first-order chi connectivity index (χ1) is 8.31. The Morgan fingerprint density at radius 3 is 2.88 bits per heavy atom. The highest BCUT2D eigenvalue weighted by Gasteiger charge is 2.12. The highest BCUT2D eigenvalue weighted by Crippen LogP contribution is 2.20. The van der Waals surface area contributed by atoms with Crippen LogP contribution < -0.4 is 0 Å². The number of halogens is 1. The third-order valence-corrected chi connectivity index (χ3v) is 4.14. The summed E-state index contributed by atoms with van der Waals surface area (Å²) in [5.74, 6) is 0. The minimum absolute atomic E-state index is 0.876. The normalized spacial score (nSPS) is 15.6. The van der Waals surface area contributed by atoms with E-state index in [1.165, 1.54) is 14.8 Å². The molecule has 1 aliphatic rings. The highest BCUT2D eigenvalue weighted by molar-refractivity contribution is 14.1. The zero-order valence-corrected chi connectivity index (χ0v) is 11.9. The van der Waals surface area contributed by atoms with E-state index in [-0.39, 0.29) is 0 Å². The Labute approximate surface area is 116 Å². The minimum atomic E-state index is 0.876. The van der Waals surface area contributed by atoms with Crippen molar-refractivity contribution in [3.63, 3.8) is 0 Å². The average molecular weight is 341 g/mol. The molecular weight excluding hydrogens is 325 g/mol. The number of hydrogen-bond donors (Lipinski definition) is 0. The van der Waals surface area contributed by atoms with E-state index in [2.05, 4.69) is 52.9 Å². The van der Waals surface area contributed by atoms with Gasteiger partial charge in [-0.15, -0.1) is 0 Å². The first kappa shape index (κ1) is 12.6. The summed E-state index contributed by atoms with van der Waals surface area (Å²) in [6.07, 6.45) is 7.32. The third kappa shape index (κ3) is 3.31. The van der Waals surface area contributed by atoms with Gasteiger partial charge in [0, 0.05) is 15.8 Å². The Kier molecular flexibility index (Phi) is 4.59. The van der Waals surface area contributed by atoms with Crippen molar-refractivity contribution in [2.24, 2.45) is 0 Å². The van der Waals surface area contributed by atoms with E-state index in [0.717, 1.165) is 38.6 Å². The predicted molar refractivity (Wildman–Crippen MR) is 77.6 cm³/mol. The van der Waals surface area contributed by atoms with Crippen molar-refractivity contribution in [2.75, 3.05) is 6.54 Å². The number of rotatable bonds is 4. The molecule has 2 rings (SSSR count). The van der Waals surface area contributed by atoms with E-state index in [0.29, 0.717) is 0 Å². The van der Waals surface area contributed by atoms with Gasteiger partial charge in [-0.25, -0.2) is 0 Å². The highest BCUT2D eigenvalue weighted by atomic mass is 127. The topological polar surface area (TPSA) is 20.3 Å².